The summed E-state index contributed by atoms with van der Waals surface area (Å²) in [5, 5.41) is -0.0956. The standard InChI is InChI=1S/C22H27ClN2O5S/c1-4-14(2)30-20-16(23)10-15(11-17(20)29-3)12-18-21(27)25(22(28)31-18)13-19(26)24-8-6-5-7-9-24/h10-12,14H,4-9,13H2,1-3H3/b18-12-/t14-/m1/s1. The van der Waals surface area contributed by atoms with Crippen LogP contribution in [-0.2, 0) is 9.59 Å². The largest absolute Gasteiger partial charge is 0.493 e. The molecule has 0 unspecified atom stereocenters. The van der Waals surface area contributed by atoms with Crippen molar-refractivity contribution in [1.82, 2.24) is 9.80 Å². The molecule has 2 heterocycles. The lowest BCUT2D eigenvalue weighted by atomic mass is 10.1. The molecule has 1 atom stereocenters. The summed E-state index contributed by atoms with van der Waals surface area (Å²) in [5.74, 6) is 0.212. The summed E-state index contributed by atoms with van der Waals surface area (Å²) in [6.45, 7) is 5.06. The minimum Gasteiger partial charge on any atom is -0.493 e. The summed E-state index contributed by atoms with van der Waals surface area (Å²) < 4.78 is 11.3. The molecule has 0 saturated carbocycles. The maximum absolute atomic E-state index is 12.8. The number of hydrogen-bond donors (Lipinski definition) is 0. The first-order valence-electron chi connectivity index (χ1n) is 10.4. The van der Waals surface area contributed by atoms with Gasteiger partial charge in [0.2, 0.25) is 5.91 Å². The van der Waals surface area contributed by atoms with Crippen LogP contribution >= 0.6 is 23.4 Å². The third-order valence-corrected chi connectivity index (χ3v) is 6.51. The van der Waals surface area contributed by atoms with E-state index in [1.165, 1.54) is 7.11 Å². The monoisotopic (exact) mass is 466 g/mol. The number of benzene rings is 1. The van der Waals surface area contributed by atoms with Crippen LogP contribution in [0.2, 0.25) is 5.02 Å². The highest BCUT2D eigenvalue weighted by Crippen LogP contribution is 2.39. The third-order valence-electron chi connectivity index (χ3n) is 5.32. The quantitative estimate of drug-likeness (QED) is 0.547. The number of methoxy groups -OCH3 is 1. The molecule has 168 valence electrons. The number of piperidine rings is 1. The van der Waals surface area contributed by atoms with Gasteiger partial charge in [0.05, 0.1) is 23.1 Å². The van der Waals surface area contributed by atoms with Crippen molar-refractivity contribution in [2.75, 3.05) is 26.7 Å². The first-order valence-corrected chi connectivity index (χ1v) is 11.6. The van der Waals surface area contributed by atoms with Gasteiger partial charge >= 0.3 is 0 Å². The molecule has 2 aliphatic rings. The van der Waals surface area contributed by atoms with Gasteiger partial charge in [0.25, 0.3) is 11.1 Å². The number of carbonyl (C=O) groups is 3. The lowest BCUT2D eigenvalue weighted by Crippen LogP contribution is -2.44. The van der Waals surface area contributed by atoms with Gasteiger partial charge < -0.3 is 14.4 Å². The Bertz CT molecular complexity index is 898. The number of halogens is 1. The van der Waals surface area contributed by atoms with Gasteiger partial charge in [0.15, 0.2) is 11.5 Å². The molecule has 0 aromatic heterocycles. The Labute approximate surface area is 191 Å². The SMILES string of the molecule is CC[C@@H](C)Oc1c(Cl)cc(/C=C2\SC(=O)N(CC(=O)N3CCCCC3)C2=O)cc1OC. The Morgan fingerprint density at radius 3 is 2.61 bits per heavy atom. The zero-order valence-electron chi connectivity index (χ0n) is 18.0. The molecule has 0 bridgehead atoms. The van der Waals surface area contributed by atoms with Crippen LogP contribution in [0, 0.1) is 0 Å². The molecule has 0 radical (unpaired) electrons. The van der Waals surface area contributed by atoms with Crippen LogP contribution < -0.4 is 9.47 Å². The molecule has 2 fully saturated rings. The van der Waals surface area contributed by atoms with Gasteiger partial charge in [-0.2, -0.15) is 0 Å². The molecule has 0 aliphatic carbocycles. The average molecular weight is 467 g/mol. The topological polar surface area (TPSA) is 76.2 Å². The average Bonchev–Trinajstić information content (AvgIpc) is 3.02. The first kappa shape index (κ1) is 23.5. The number of thioether (sulfide) groups is 1. The van der Waals surface area contributed by atoms with E-state index < -0.39 is 11.1 Å². The number of carbonyl (C=O) groups excluding carboxylic acids is 3. The van der Waals surface area contributed by atoms with Crippen molar-refractivity contribution in [2.24, 2.45) is 0 Å². The first-order chi connectivity index (χ1) is 14.8. The van der Waals surface area contributed by atoms with Crippen LogP contribution in [0.1, 0.15) is 45.1 Å². The van der Waals surface area contributed by atoms with E-state index >= 15 is 0 Å². The van der Waals surface area contributed by atoms with Gasteiger partial charge in [-0.15, -0.1) is 0 Å². The number of hydrogen-bond acceptors (Lipinski definition) is 6. The summed E-state index contributed by atoms with van der Waals surface area (Å²) >= 11 is 7.21. The molecule has 0 N–H and O–H groups in total. The van der Waals surface area contributed by atoms with E-state index in [0.29, 0.717) is 35.2 Å². The summed E-state index contributed by atoms with van der Waals surface area (Å²) in [6.07, 6.45) is 5.36. The third kappa shape index (κ3) is 5.54. The predicted molar refractivity (Wildman–Crippen MR) is 121 cm³/mol. The second kappa shape index (κ2) is 10.4. The molecule has 7 nitrogen and oxygen atoms in total. The number of likely N-dealkylation sites (tertiary alicyclic amines) is 1. The van der Waals surface area contributed by atoms with Crippen molar-refractivity contribution in [3.05, 3.63) is 27.6 Å². The van der Waals surface area contributed by atoms with Gasteiger partial charge in [-0.25, -0.2) is 0 Å². The second-order valence-corrected chi connectivity index (χ2v) is 8.98. The van der Waals surface area contributed by atoms with Crippen LogP contribution in [0.5, 0.6) is 11.5 Å². The van der Waals surface area contributed by atoms with Gasteiger partial charge in [-0.05, 0) is 68.1 Å². The van der Waals surface area contributed by atoms with E-state index in [0.717, 1.165) is 42.3 Å². The molecule has 2 saturated heterocycles. The Morgan fingerprint density at radius 1 is 1.26 bits per heavy atom. The zero-order valence-corrected chi connectivity index (χ0v) is 19.6. The fraction of sp³-hybridized carbons (Fsp3) is 0.500. The minimum atomic E-state index is -0.476. The Kier molecular flexibility index (Phi) is 7.89. The van der Waals surface area contributed by atoms with Crippen LogP contribution in [0.25, 0.3) is 6.08 Å². The summed E-state index contributed by atoms with van der Waals surface area (Å²) in [7, 11) is 1.51. The fourth-order valence-electron chi connectivity index (χ4n) is 3.39. The zero-order chi connectivity index (χ0) is 22.5. The van der Waals surface area contributed by atoms with Crippen LogP contribution in [0.15, 0.2) is 17.0 Å². The molecule has 1 aromatic carbocycles. The van der Waals surface area contributed by atoms with Crippen LogP contribution in [0.3, 0.4) is 0 Å². The van der Waals surface area contributed by atoms with E-state index in [-0.39, 0.29) is 23.5 Å². The van der Waals surface area contributed by atoms with Crippen molar-refractivity contribution in [3.8, 4) is 11.5 Å². The normalized spacial score (nSPS) is 19.2. The van der Waals surface area contributed by atoms with Crippen molar-refractivity contribution >= 4 is 46.5 Å². The van der Waals surface area contributed by atoms with Crippen molar-refractivity contribution < 1.29 is 23.9 Å². The van der Waals surface area contributed by atoms with E-state index in [9.17, 15) is 14.4 Å². The highest BCUT2D eigenvalue weighted by Gasteiger charge is 2.37. The number of nitrogens with zero attached hydrogens (tertiary/aromatic N) is 2. The number of ether oxygens (including phenoxy) is 2. The van der Waals surface area contributed by atoms with Gasteiger partial charge in [-0.3, -0.25) is 19.3 Å². The molecule has 3 rings (SSSR count). The minimum absolute atomic E-state index is 0.0359. The van der Waals surface area contributed by atoms with Gasteiger partial charge in [0.1, 0.15) is 6.54 Å². The molecular formula is C22H27ClN2O5S. The van der Waals surface area contributed by atoms with Crippen molar-refractivity contribution in [1.29, 1.82) is 0 Å². The molecule has 1 aromatic rings. The number of rotatable bonds is 7. The van der Waals surface area contributed by atoms with E-state index in [1.54, 1.807) is 23.1 Å². The lowest BCUT2D eigenvalue weighted by molar-refractivity contribution is -0.136. The molecule has 3 amide bonds. The fourth-order valence-corrected chi connectivity index (χ4v) is 4.49. The molecule has 31 heavy (non-hydrogen) atoms. The lowest BCUT2D eigenvalue weighted by Gasteiger charge is -2.27. The van der Waals surface area contributed by atoms with Crippen LogP contribution in [0.4, 0.5) is 4.79 Å². The van der Waals surface area contributed by atoms with E-state index in [4.69, 9.17) is 21.1 Å². The Balaban J connectivity index is 1.77. The van der Waals surface area contributed by atoms with E-state index in [2.05, 4.69) is 0 Å². The van der Waals surface area contributed by atoms with E-state index in [1.807, 2.05) is 13.8 Å². The smallest absolute Gasteiger partial charge is 0.294 e. The number of amides is 3. The maximum atomic E-state index is 12.8. The highest BCUT2D eigenvalue weighted by atomic mass is 35.5. The van der Waals surface area contributed by atoms with Crippen LogP contribution in [-0.4, -0.2) is 59.7 Å². The summed E-state index contributed by atoms with van der Waals surface area (Å²) in [4.78, 5) is 40.6. The predicted octanol–water partition coefficient (Wildman–Crippen LogP) is 4.57. The van der Waals surface area contributed by atoms with Crippen molar-refractivity contribution in [2.45, 2.75) is 45.6 Å². The van der Waals surface area contributed by atoms with Gasteiger partial charge in [0, 0.05) is 13.1 Å². The second-order valence-electron chi connectivity index (χ2n) is 7.58. The Hall–Kier alpha value is -2.19. The summed E-state index contributed by atoms with van der Waals surface area (Å²) in [5.41, 5.74) is 0.603. The molecule has 0 spiro atoms. The van der Waals surface area contributed by atoms with Gasteiger partial charge in [-0.1, -0.05) is 18.5 Å². The Morgan fingerprint density at radius 2 is 1.97 bits per heavy atom. The maximum Gasteiger partial charge on any atom is 0.294 e. The highest BCUT2D eigenvalue weighted by molar-refractivity contribution is 8.18. The molecule has 9 heteroatoms. The van der Waals surface area contributed by atoms with Crippen molar-refractivity contribution in [3.63, 3.8) is 0 Å². The molecule has 2 aliphatic heterocycles. The summed E-state index contributed by atoms with van der Waals surface area (Å²) in [6, 6.07) is 3.37. The molecular weight excluding hydrogens is 440 g/mol. The number of imide groups is 1.